The van der Waals surface area contributed by atoms with Gasteiger partial charge in [-0.25, -0.2) is 4.98 Å². The van der Waals surface area contributed by atoms with Crippen molar-refractivity contribution in [3.63, 3.8) is 0 Å². The van der Waals surface area contributed by atoms with Crippen molar-refractivity contribution < 1.29 is 9.84 Å². The van der Waals surface area contributed by atoms with Crippen LogP contribution in [-0.2, 0) is 11.2 Å². The van der Waals surface area contributed by atoms with E-state index in [1.807, 2.05) is 12.4 Å². The lowest BCUT2D eigenvalue weighted by Crippen LogP contribution is -2.33. The first-order chi connectivity index (χ1) is 9.09. The lowest BCUT2D eigenvalue weighted by atomic mass is 10.1. The Morgan fingerprint density at radius 1 is 1.58 bits per heavy atom. The number of aromatic nitrogens is 1. The molecule has 0 aliphatic heterocycles. The van der Waals surface area contributed by atoms with E-state index in [2.05, 4.69) is 17.2 Å². The number of nitrogens with one attached hydrogen (secondary N) is 1. The number of aryl methyl sites for hydroxylation is 1. The SMILES string of the molecule is Cc1ncsc1CCOCC(O)CNCC1(C)CC1. The zero-order valence-electron chi connectivity index (χ0n) is 11.8. The van der Waals surface area contributed by atoms with Crippen LogP contribution in [0.25, 0.3) is 0 Å². The quantitative estimate of drug-likeness (QED) is 0.679. The monoisotopic (exact) mass is 284 g/mol. The molecule has 1 aromatic rings. The average molecular weight is 284 g/mol. The molecule has 19 heavy (non-hydrogen) atoms. The average Bonchev–Trinajstić information content (AvgIpc) is 2.96. The van der Waals surface area contributed by atoms with Crippen LogP contribution in [-0.4, -0.2) is 42.5 Å². The number of aliphatic hydroxyl groups excluding tert-OH is 1. The molecule has 2 N–H and O–H groups in total. The van der Waals surface area contributed by atoms with Gasteiger partial charge in [0.25, 0.3) is 0 Å². The van der Waals surface area contributed by atoms with E-state index in [4.69, 9.17) is 4.74 Å². The van der Waals surface area contributed by atoms with Crippen LogP contribution in [0.2, 0.25) is 0 Å². The number of ether oxygens (including phenoxy) is 1. The normalized spacial score (nSPS) is 18.5. The zero-order chi connectivity index (χ0) is 13.7. The summed E-state index contributed by atoms with van der Waals surface area (Å²) in [6, 6.07) is 0. The standard InChI is InChI=1S/C14H24N2O2S/c1-11-13(19-10-16-11)3-6-18-8-12(17)7-15-9-14(2)4-5-14/h10,12,15,17H,3-9H2,1-2H3. The van der Waals surface area contributed by atoms with E-state index in [1.54, 1.807) is 11.3 Å². The molecule has 0 spiro atoms. The summed E-state index contributed by atoms with van der Waals surface area (Å²) in [5.74, 6) is 0. The summed E-state index contributed by atoms with van der Waals surface area (Å²) in [5.41, 5.74) is 3.44. The second-order valence-electron chi connectivity index (χ2n) is 5.78. The van der Waals surface area contributed by atoms with E-state index in [0.29, 0.717) is 25.2 Å². The van der Waals surface area contributed by atoms with Gasteiger partial charge in [0, 0.05) is 24.4 Å². The molecule has 0 saturated heterocycles. The van der Waals surface area contributed by atoms with Crippen LogP contribution in [0, 0.1) is 12.3 Å². The van der Waals surface area contributed by atoms with Crippen molar-refractivity contribution in [3.05, 3.63) is 16.1 Å². The number of rotatable bonds is 9. The van der Waals surface area contributed by atoms with E-state index in [9.17, 15) is 5.11 Å². The maximum Gasteiger partial charge on any atom is 0.0897 e. The Morgan fingerprint density at radius 2 is 2.37 bits per heavy atom. The molecule has 1 fully saturated rings. The Labute approximate surface area is 119 Å². The molecule has 1 saturated carbocycles. The van der Waals surface area contributed by atoms with Crippen molar-refractivity contribution in [2.75, 3.05) is 26.3 Å². The first-order valence-electron chi connectivity index (χ1n) is 6.94. The molecule has 1 atom stereocenters. The molecule has 1 heterocycles. The Hall–Kier alpha value is -0.490. The lowest BCUT2D eigenvalue weighted by Gasteiger charge is -2.14. The molecular weight excluding hydrogens is 260 g/mol. The van der Waals surface area contributed by atoms with Crippen molar-refractivity contribution in [2.24, 2.45) is 5.41 Å². The summed E-state index contributed by atoms with van der Waals surface area (Å²) in [6.07, 6.45) is 3.08. The van der Waals surface area contributed by atoms with Crippen LogP contribution < -0.4 is 5.32 Å². The van der Waals surface area contributed by atoms with Gasteiger partial charge in [0.2, 0.25) is 0 Å². The largest absolute Gasteiger partial charge is 0.389 e. The number of aliphatic hydroxyl groups is 1. The van der Waals surface area contributed by atoms with Crippen molar-refractivity contribution in [3.8, 4) is 0 Å². The summed E-state index contributed by atoms with van der Waals surface area (Å²) in [6.45, 7) is 6.97. The van der Waals surface area contributed by atoms with Crippen LogP contribution in [0.4, 0.5) is 0 Å². The van der Waals surface area contributed by atoms with Crippen LogP contribution >= 0.6 is 11.3 Å². The molecule has 1 aromatic heterocycles. The van der Waals surface area contributed by atoms with Crippen molar-refractivity contribution >= 4 is 11.3 Å². The van der Waals surface area contributed by atoms with Gasteiger partial charge in [-0.15, -0.1) is 11.3 Å². The molecule has 0 bridgehead atoms. The van der Waals surface area contributed by atoms with E-state index in [0.717, 1.165) is 18.7 Å². The molecule has 0 amide bonds. The van der Waals surface area contributed by atoms with Crippen LogP contribution in [0.3, 0.4) is 0 Å². The molecule has 0 aromatic carbocycles. The van der Waals surface area contributed by atoms with Gasteiger partial charge in [0.15, 0.2) is 0 Å². The number of nitrogens with zero attached hydrogens (tertiary/aromatic N) is 1. The molecule has 5 heteroatoms. The highest BCUT2D eigenvalue weighted by atomic mass is 32.1. The predicted molar refractivity (Wildman–Crippen MR) is 77.6 cm³/mol. The van der Waals surface area contributed by atoms with Crippen molar-refractivity contribution in [2.45, 2.75) is 39.2 Å². The molecule has 2 rings (SSSR count). The van der Waals surface area contributed by atoms with E-state index >= 15 is 0 Å². The summed E-state index contributed by atoms with van der Waals surface area (Å²) < 4.78 is 5.51. The van der Waals surface area contributed by atoms with Gasteiger partial charge in [-0.05, 0) is 25.2 Å². The van der Waals surface area contributed by atoms with Gasteiger partial charge in [-0.3, -0.25) is 0 Å². The minimum absolute atomic E-state index is 0.404. The Morgan fingerprint density at radius 3 is 3.00 bits per heavy atom. The van der Waals surface area contributed by atoms with E-state index < -0.39 is 6.10 Å². The topological polar surface area (TPSA) is 54.4 Å². The number of hydrogen-bond acceptors (Lipinski definition) is 5. The van der Waals surface area contributed by atoms with Gasteiger partial charge in [-0.2, -0.15) is 0 Å². The highest BCUT2D eigenvalue weighted by Gasteiger charge is 2.36. The van der Waals surface area contributed by atoms with Crippen molar-refractivity contribution in [1.82, 2.24) is 10.3 Å². The minimum atomic E-state index is -0.412. The van der Waals surface area contributed by atoms with E-state index in [-0.39, 0.29) is 0 Å². The maximum atomic E-state index is 9.78. The Bertz CT molecular complexity index is 391. The van der Waals surface area contributed by atoms with Gasteiger partial charge < -0.3 is 15.2 Å². The highest BCUT2D eigenvalue weighted by molar-refractivity contribution is 7.09. The summed E-state index contributed by atoms with van der Waals surface area (Å²) in [4.78, 5) is 5.48. The zero-order valence-corrected chi connectivity index (χ0v) is 12.6. The molecule has 0 radical (unpaired) electrons. The van der Waals surface area contributed by atoms with Gasteiger partial charge >= 0.3 is 0 Å². The summed E-state index contributed by atoms with van der Waals surface area (Å²) in [5, 5.41) is 13.1. The van der Waals surface area contributed by atoms with Gasteiger partial charge in [-0.1, -0.05) is 6.92 Å². The third-order valence-electron chi connectivity index (χ3n) is 3.66. The highest BCUT2D eigenvalue weighted by Crippen LogP contribution is 2.43. The first-order valence-corrected chi connectivity index (χ1v) is 7.82. The predicted octanol–water partition coefficient (Wildman–Crippen LogP) is 1.76. The fraction of sp³-hybridized carbons (Fsp3) is 0.786. The van der Waals surface area contributed by atoms with Crippen LogP contribution in [0.15, 0.2) is 5.51 Å². The third-order valence-corrected chi connectivity index (χ3v) is 4.66. The second kappa shape index (κ2) is 6.79. The molecule has 1 aliphatic rings. The maximum absolute atomic E-state index is 9.78. The summed E-state index contributed by atoms with van der Waals surface area (Å²) in [7, 11) is 0. The molecular formula is C14H24N2O2S. The van der Waals surface area contributed by atoms with Crippen LogP contribution in [0.5, 0.6) is 0 Å². The number of thiazole rings is 1. The third kappa shape index (κ3) is 5.18. The molecule has 4 nitrogen and oxygen atoms in total. The minimum Gasteiger partial charge on any atom is -0.389 e. The van der Waals surface area contributed by atoms with Crippen molar-refractivity contribution in [1.29, 1.82) is 0 Å². The van der Waals surface area contributed by atoms with Gasteiger partial charge in [0.1, 0.15) is 0 Å². The fourth-order valence-electron chi connectivity index (χ4n) is 1.94. The Balaban J connectivity index is 1.49. The molecule has 1 unspecified atom stereocenters. The van der Waals surface area contributed by atoms with Crippen LogP contribution in [0.1, 0.15) is 30.3 Å². The van der Waals surface area contributed by atoms with Gasteiger partial charge in [0.05, 0.1) is 30.5 Å². The fourth-order valence-corrected chi connectivity index (χ4v) is 2.70. The van der Waals surface area contributed by atoms with E-state index in [1.165, 1.54) is 17.7 Å². The summed E-state index contributed by atoms with van der Waals surface area (Å²) >= 11 is 1.67. The first kappa shape index (κ1) is 14.9. The molecule has 108 valence electrons. The smallest absolute Gasteiger partial charge is 0.0897 e. The Kier molecular flexibility index (Phi) is 5.33. The molecule has 1 aliphatic carbocycles. The lowest BCUT2D eigenvalue weighted by molar-refractivity contribution is 0.0380. The number of hydrogen-bond donors (Lipinski definition) is 2. The second-order valence-corrected chi connectivity index (χ2v) is 6.72.